The molecule has 0 saturated carbocycles. The van der Waals surface area contributed by atoms with Crippen molar-refractivity contribution in [2.75, 3.05) is 13.7 Å². The van der Waals surface area contributed by atoms with Crippen molar-refractivity contribution in [3.05, 3.63) is 78.2 Å². The number of carbonyl (C=O) groups is 3. The molecule has 2 amide bonds. The molecule has 1 saturated heterocycles. The molecule has 5 heterocycles. The van der Waals surface area contributed by atoms with Crippen LogP contribution in [0.1, 0.15) is 39.9 Å². The van der Waals surface area contributed by atoms with Crippen LogP contribution in [0.4, 0.5) is 11.4 Å². The molecular weight excluding hydrogens is 620 g/mol. The average molecular weight is 641 g/mol. The Bertz CT molecular complexity index is 2390. The van der Waals surface area contributed by atoms with E-state index in [1.54, 1.807) is 9.13 Å². The fourth-order valence-corrected chi connectivity index (χ4v) is 7.58. The lowest BCUT2D eigenvalue weighted by atomic mass is 9.92. The van der Waals surface area contributed by atoms with Gasteiger partial charge in [0.1, 0.15) is 12.1 Å². The summed E-state index contributed by atoms with van der Waals surface area (Å²) in [7, 11) is 1.38. The number of hydrogen-bond donors (Lipinski definition) is 1. The molecule has 0 bridgehead atoms. The average Bonchev–Trinajstić information content (AvgIpc) is 3.65. The molecule has 0 aliphatic carbocycles. The molecule has 1 N–H and O–H groups in total. The maximum Gasteiger partial charge on any atom is 0.303 e. The van der Waals surface area contributed by atoms with Gasteiger partial charge in [-0.25, -0.2) is 0 Å². The molecule has 18 heteroatoms. The summed E-state index contributed by atoms with van der Waals surface area (Å²) < 4.78 is 21.8. The lowest BCUT2D eigenvalue weighted by Crippen LogP contribution is -2.56. The van der Waals surface area contributed by atoms with Gasteiger partial charge in [-0.2, -0.15) is 0 Å². The van der Waals surface area contributed by atoms with Gasteiger partial charge in [0.2, 0.25) is 0 Å². The van der Waals surface area contributed by atoms with Gasteiger partial charge in [0.25, 0.3) is 23.2 Å². The number of esters is 1. The molecule has 8 rings (SSSR count). The number of azide groups is 1. The van der Waals surface area contributed by atoms with E-state index in [-0.39, 0.29) is 50.6 Å². The molecule has 47 heavy (non-hydrogen) atoms. The van der Waals surface area contributed by atoms with E-state index in [0.29, 0.717) is 22.1 Å². The monoisotopic (exact) mass is 640 g/mol. The van der Waals surface area contributed by atoms with Crippen LogP contribution in [0.25, 0.3) is 54.1 Å². The Hall–Kier alpha value is -6.10. The molecule has 236 valence electrons. The Balaban J connectivity index is 1.62. The summed E-state index contributed by atoms with van der Waals surface area (Å²) >= 11 is 0. The van der Waals surface area contributed by atoms with Crippen LogP contribution in [0.15, 0.2) is 41.5 Å². The third-order valence-corrected chi connectivity index (χ3v) is 9.14. The first-order chi connectivity index (χ1) is 22.6. The fourth-order valence-electron chi connectivity index (χ4n) is 7.58. The van der Waals surface area contributed by atoms with Crippen LogP contribution in [-0.2, 0) is 19.0 Å². The van der Waals surface area contributed by atoms with Crippen molar-refractivity contribution >= 4 is 72.8 Å². The second-order valence-corrected chi connectivity index (χ2v) is 11.4. The van der Waals surface area contributed by atoms with Crippen molar-refractivity contribution < 1.29 is 38.4 Å². The van der Waals surface area contributed by atoms with Gasteiger partial charge in [-0.1, -0.05) is 5.11 Å². The summed E-state index contributed by atoms with van der Waals surface area (Å²) in [5, 5.41) is 30.8. The van der Waals surface area contributed by atoms with Gasteiger partial charge in [-0.15, -0.1) is 0 Å². The Morgan fingerprint density at radius 1 is 0.979 bits per heavy atom. The number of methoxy groups -OCH3 is 1. The Morgan fingerprint density at radius 2 is 1.53 bits per heavy atom. The van der Waals surface area contributed by atoms with Crippen molar-refractivity contribution in [1.29, 1.82) is 0 Å². The van der Waals surface area contributed by atoms with E-state index in [1.807, 2.05) is 0 Å². The van der Waals surface area contributed by atoms with E-state index < -0.39 is 58.2 Å². The smallest absolute Gasteiger partial charge is 0.303 e. The first-order valence-electron chi connectivity index (χ1n) is 14.2. The van der Waals surface area contributed by atoms with Gasteiger partial charge >= 0.3 is 5.97 Å². The molecule has 1 fully saturated rings. The summed E-state index contributed by atoms with van der Waals surface area (Å²) in [5.41, 5.74) is 10.00. The lowest BCUT2D eigenvalue weighted by molar-refractivity contribution is -0.384. The number of aromatic nitrogens is 2. The van der Waals surface area contributed by atoms with E-state index in [1.165, 1.54) is 50.4 Å². The minimum atomic E-state index is -1.11. The maximum absolute atomic E-state index is 13.5. The molecule has 3 aliphatic heterocycles. The summed E-state index contributed by atoms with van der Waals surface area (Å²) in [4.78, 5) is 65.2. The molecule has 5 aromatic rings. The standard InChI is InChI=1S/C29H20N8O10/c1-10(38)46-26-24-29(47-17(9-31-33-30)25(26)45-2)35-16-6-4-12(37(43)44)8-14(16)19-21-20(27(39)32-28(21)40)18-13-7-11(36(41)42)3-5-15(13)34(24)22(18)23(19)35/h3-8,17,24-26,29H,9H2,1-2H3,(H,32,39,40)/t17-,24+,25-,26-,29-/m1/s1. The van der Waals surface area contributed by atoms with Crippen LogP contribution in [0.5, 0.6) is 0 Å². The van der Waals surface area contributed by atoms with Crippen molar-refractivity contribution in [2.24, 2.45) is 5.11 Å². The van der Waals surface area contributed by atoms with Crippen LogP contribution >= 0.6 is 0 Å². The maximum atomic E-state index is 13.5. The van der Waals surface area contributed by atoms with Gasteiger partial charge in [0, 0.05) is 64.8 Å². The molecular formula is C29H20N8O10. The molecule has 3 aromatic carbocycles. The number of hydrogen-bond acceptors (Lipinski definition) is 11. The number of nitrogens with one attached hydrogen (secondary N) is 1. The lowest BCUT2D eigenvalue weighted by Gasteiger charge is -2.48. The second-order valence-electron chi connectivity index (χ2n) is 11.4. The van der Waals surface area contributed by atoms with E-state index in [2.05, 4.69) is 15.3 Å². The summed E-state index contributed by atoms with van der Waals surface area (Å²) in [6, 6.07) is 7.23. The van der Waals surface area contributed by atoms with Crippen LogP contribution in [-0.4, -0.2) is 68.7 Å². The number of nitro groups is 2. The van der Waals surface area contributed by atoms with Crippen LogP contribution < -0.4 is 5.32 Å². The van der Waals surface area contributed by atoms with Crippen molar-refractivity contribution in [2.45, 2.75) is 37.5 Å². The first kappa shape index (κ1) is 28.4. The fraction of sp³-hybridized carbons (Fsp3) is 0.276. The topological polar surface area (TPSA) is 236 Å². The van der Waals surface area contributed by atoms with Gasteiger partial charge < -0.3 is 23.3 Å². The third kappa shape index (κ3) is 3.62. The molecule has 3 aliphatic rings. The number of imide groups is 1. The zero-order valence-electron chi connectivity index (χ0n) is 24.3. The highest BCUT2D eigenvalue weighted by Crippen LogP contribution is 2.55. The highest BCUT2D eigenvalue weighted by Gasteiger charge is 2.54. The zero-order valence-corrected chi connectivity index (χ0v) is 24.3. The quantitative estimate of drug-likeness (QED) is 0.0525. The van der Waals surface area contributed by atoms with Gasteiger partial charge in [-0.05, 0) is 17.7 Å². The summed E-state index contributed by atoms with van der Waals surface area (Å²) in [6.07, 6.45) is -4.10. The summed E-state index contributed by atoms with van der Waals surface area (Å²) in [5.74, 6) is -2.15. The SMILES string of the molecule is CO[C@H]1[C@H](OC(C)=O)[C@H]2[C@@H](O[C@@H]1CN=[N+]=[N-])n1c3ccc([N+](=O)[O-])cc3c3c4c(c5c6cc([N+](=O)[O-])ccc6n2c5c31)C(=O)NC4=O. The molecule has 0 radical (unpaired) electrons. The molecule has 18 nitrogen and oxygen atoms in total. The number of ether oxygens (including phenoxy) is 3. The van der Waals surface area contributed by atoms with Crippen LogP contribution in [0.2, 0.25) is 0 Å². The number of nitro benzene ring substituents is 2. The number of amides is 2. The first-order valence-corrected chi connectivity index (χ1v) is 14.2. The molecule has 5 atom stereocenters. The number of nitrogens with zero attached hydrogens (tertiary/aromatic N) is 7. The predicted molar refractivity (Wildman–Crippen MR) is 161 cm³/mol. The highest BCUT2D eigenvalue weighted by molar-refractivity contribution is 6.39. The minimum Gasteiger partial charge on any atom is -0.457 e. The van der Waals surface area contributed by atoms with Crippen LogP contribution in [0, 0.1) is 20.2 Å². The zero-order chi connectivity index (χ0) is 33.0. The minimum absolute atomic E-state index is 0.0431. The van der Waals surface area contributed by atoms with Crippen molar-refractivity contribution in [3.63, 3.8) is 0 Å². The third-order valence-electron chi connectivity index (χ3n) is 9.14. The Morgan fingerprint density at radius 3 is 2.04 bits per heavy atom. The van der Waals surface area contributed by atoms with E-state index in [9.17, 15) is 34.6 Å². The number of fused-ring (bicyclic) bond motifs is 12. The number of rotatable bonds is 6. The normalized spacial score (nSPS) is 22.8. The van der Waals surface area contributed by atoms with Gasteiger partial charge in [-0.3, -0.25) is 39.9 Å². The Kier molecular flexibility index (Phi) is 5.86. The second kappa shape index (κ2) is 9.70. The molecule has 0 unspecified atom stereocenters. The number of benzene rings is 3. The van der Waals surface area contributed by atoms with Crippen LogP contribution in [0.3, 0.4) is 0 Å². The van der Waals surface area contributed by atoms with E-state index in [4.69, 9.17) is 19.7 Å². The molecule has 2 aromatic heterocycles. The predicted octanol–water partition coefficient (Wildman–Crippen LogP) is 4.31. The number of non-ortho nitro benzene ring substituents is 2. The van der Waals surface area contributed by atoms with Gasteiger partial charge in [0.05, 0.1) is 55.7 Å². The molecule has 0 spiro atoms. The highest BCUT2D eigenvalue weighted by atomic mass is 16.6. The van der Waals surface area contributed by atoms with Gasteiger partial charge in [0.15, 0.2) is 12.3 Å². The van der Waals surface area contributed by atoms with E-state index >= 15 is 0 Å². The largest absolute Gasteiger partial charge is 0.457 e. The Labute approximate surface area is 260 Å². The number of carbonyl (C=O) groups excluding carboxylic acids is 3. The van der Waals surface area contributed by atoms with Crippen molar-refractivity contribution in [3.8, 4) is 0 Å². The van der Waals surface area contributed by atoms with E-state index in [0.717, 1.165) is 0 Å². The van der Waals surface area contributed by atoms with Crippen molar-refractivity contribution in [1.82, 2.24) is 14.5 Å². The summed E-state index contributed by atoms with van der Waals surface area (Å²) in [6.45, 7) is 1.00.